The van der Waals surface area contributed by atoms with Crippen LogP contribution in [0.2, 0.25) is 0 Å². The summed E-state index contributed by atoms with van der Waals surface area (Å²) in [5.41, 5.74) is 1.07. The smallest absolute Gasteiger partial charge is 0.320 e. The topological polar surface area (TPSA) is 38.8 Å². The van der Waals surface area contributed by atoms with E-state index in [0.717, 1.165) is 77.9 Å². The molecule has 4 fully saturated rings. The number of rotatable bonds is 6. The molecule has 0 spiro atoms. The molecule has 0 radical (unpaired) electrons. The molecule has 1 N–H and O–H groups in total. The number of nitrogens with zero attached hydrogens (tertiary/aromatic N) is 3. The number of halogens is 1. The first-order valence-corrected chi connectivity index (χ1v) is 12.3. The van der Waals surface area contributed by atoms with E-state index in [9.17, 15) is 9.18 Å². The Bertz CT molecular complexity index is 793. The van der Waals surface area contributed by atoms with Gasteiger partial charge in [0, 0.05) is 38.1 Å². The SMILES string of the molecule is CN1CCN([C@H]2CCC[C@@H]2[C@](CN2CCC2)(c2cccc(F)c2)C2CCNCC2)C1=O. The van der Waals surface area contributed by atoms with Crippen molar-refractivity contribution in [3.8, 4) is 0 Å². The zero-order chi connectivity index (χ0) is 21.4. The number of likely N-dealkylation sites (tertiary alicyclic amines) is 1. The molecular weight excluding hydrogens is 391 g/mol. The van der Waals surface area contributed by atoms with Crippen LogP contribution in [0.5, 0.6) is 0 Å². The molecule has 4 aliphatic rings. The zero-order valence-electron chi connectivity index (χ0n) is 18.9. The third kappa shape index (κ3) is 3.76. The molecule has 5 nitrogen and oxygen atoms in total. The second kappa shape index (κ2) is 8.70. The van der Waals surface area contributed by atoms with Crippen molar-refractivity contribution >= 4 is 6.03 Å². The molecule has 1 saturated carbocycles. The first-order valence-electron chi connectivity index (χ1n) is 12.3. The lowest BCUT2D eigenvalue weighted by atomic mass is 9.57. The molecule has 0 aromatic heterocycles. The van der Waals surface area contributed by atoms with E-state index in [1.54, 1.807) is 6.07 Å². The number of carbonyl (C=O) groups is 1. The van der Waals surface area contributed by atoms with Gasteiger partial charge in [-0.25, -0.2) is 9.18 Å². The van der Waals surface area contributed by atoms with Gasteiger partial charge in [-0.15, -0.1) is 0 Å². The normalized spacial score (nSPS) is 29.9. The van der Waals surface area contributed by atoms with Crippen LogP contribution in [0.4, 0.5) is 9.18 Å². The Balaban J connectivity index is 1.59. The van der Waals surface area contributed by atoms with Crippen molar-refractivity contribution < 1.29 is 9.18 Å². The Labute approximate surface area is 185 Å². The molecule has 3 atom stereocenters. The van der Waals surface area contributed by atoms with Crippen LogP contribution < -0.4 is 5.32 Å². The first kappa shape index (κ1) is 21.2. The fraction of sp³-hybridized carbons (Fsp3) is 0.720. The Kier molecular flexibility index (Phi) is 5.95. The Morgan fingerprint density at radius 1 is 1.06 bits per heavy atom. The molecule has 0 unspecified atom stereocenters. The van der Waals surface area contributed by atoms with Crippen molar-refractivity contribution in [2.45, 2.75) is 50.0 Å². The number of hydrogen-bond donors (Lipinski definition) is 1. The molecule has 0 bridgehead atoms. The summed E-state index contributed by atoms with van der Waals surface area (Å²) >= 11 is 0. The molecule has 3 aliphatic heterocycles. The molecule has 6 heteroatoms. The highest BCUT2D eigenvalue weighted by atomic mass is 19.1. The van der Waals surface area contributed by atoms with E-state index in [2.05, 4.69) is 21.2 Å². The van der Waals surface area contributed by atoms with Crippen LogP contribution in [0.1, 0.15) is 44.1 Å². The highest BCUT2D eigenvalue weighted by Crippen LogP contribution is 2.52. The van der Waals surface area contributed by atoms with Gasteiger partial charge >= 0.3 is 6.03 Å². The van der Waals surface area contributed by atoms with E-state index in [-0.39, 0.29) is 23.3 Å². The summed E-state index contributed by atoms with van der Waals surface area (Å²) in [6.07, 6.45) is 6.88. The van der Waals surface area contributed by atoms with E-state index in [1.807, 2.05) is 24.1 Å². The average molecular weight is 429 g/mol. The second-order valence-corrected chi connectivity index (χ2v) is 10.2. The van der Waals surface area contributed by atoms with Crippen LogP contribution in [0.15, 0.2) is 24.3 Å². The molecule has 1 aliphatic carbocycles. The van der Waals surface area contributed by atoms with Crippen LogP contribution in [0.25, 0.3) is 0 Å². The van der Waals surface area contributed by atoms with Gasteiger partial charge in [0.2, 0.25) is 0 Å². The number of hydrogen-bond acceptors (Lipinski definition) is 3. The van der Waals surface area contributed by atoms with Crippen LogP contribution in [-0.4, -0.2) is 79.6 Å². The highest BCUT2D eigenvalue weighted by Gasteiger charge is 2.54. The predicted octanol–water partition coefficient (Wildman–Crippen LogP) is 3.30. The number of nitrogens with one attached hydrogen (secondary N) is 1. The number of piperidine rings is 1. The molecule has 2 amide bonds. The number of benzene rings is 1. The summed E-state index contributed by atoms with van der Waals surface area (Å²) < 4.78 is 14.6. The molecule has 1 aromatic carbocycles. The quantitative estimate of drug-likeness (QED) is 0.756. The monoisotopic (exact) mass is 428 g/mol. The van der Waals surface area contributed by atoms with Crippen molar-refractivity contribution in [3.63, 3.8) is 0 Å². The van der Waals surface area contributed by atoms with Crippen LogP contribution >= 0.6 is 0 Å². The van der Waals surface area contributed by atoms with Crippen LogP contribution in [0, 0.1) is 17.7 Å². The maximum atomic E-state index is 14.6. The van der Waals surface area contributed by atoms with E-state index < -0.39 is 0 Å². The molecule has 3 heterocycles. The predicted molar refractivity (Wildman–Crippen MR) is 121 cm³/mol. The Hall–Kier alpha value is -1.66. The van der Waals surface area contributed by atoms with Crippen LogP contribution in [-0.2, 0) is 5.41 Å². The largest absolute Gasteiger partial charge is 0.326 e. The summed E-state index contributed by atoms with van der Waals surface area (Å²) in [6.45, 7) is 6.99. The van der Waals surface area contributed by atoms with Crippen molar-refractivity contribution in [3.05, 3.63) is 35.6 Å². The summed E-state index contributed by atoms with van der Waals surface area (Å²) in [7, 11) is 1.92. The summed E-state index contributed by atoms with van der Waals surface area (Å²) in [5.74, 6) is 0.761. The lowest BCUT2D eigenvalue weighted by Gasteiger charge is -2.53. The van der Waals surface area contributed by atoms with Gasteiger partial charge in [0.05, 0.1) is 0 Å². The van der Waals surface area contributed by atoms with Crippen molar-refractivity contribution in [1.82, 2.24) is 20.0 Å². The minimum absolute atomic E-state index is 0.104. The fourth-order valence-electron chi connectivity index (χ4n) is 7.01. The lowest BCUT2D eigenvalue weighted by molar-refractivity contribution is 0.0283. The second-order valence-electron chi connectivity index (χ2n) is 10.2. The van der Waals surface area contributed by atoms with Crippen molar-refractivity contribution in [1.29, 1.82) is 0 Å². The van der Waals surface area contributed by atoms with Gasteiger partial charge in [-0.05, 0) is 87.8 Å². The third-order valence-corrected chi connectivity index (χ3v) is 8.65. The molecule has 170 valence electrons. The summed E-state index contributed by atoms with van der Waals surface area (Å²) in [6, 6.07) is 7.91. The zero-order valence-corrected chi connectivity index (χ0v) is 18.9. The fourth-order valence-corrected chi connectivity index (χ4v) is 7.01. The van der Waals surface area contributed by atoms with Gasteiger partial charge in [-0.2, -0.15) is 0 Å². The minimum atomic E-state index is -0.133. The number of amides is 2. The number of urea groups is 1. The van der Waals surface area contributed by atoms with Gasteiger partial charge < -0.3 is 20.0 Å². The standard InChI is InChI=1S/C25H37FN4O/c1-28-15-16-30(24(28)31)23-8-3-7-22(23)25(18-29-13-4-14-29,19-9-11-27-12-10-19)20-5-2-6-21(26)17-20/h2,5-6,17,19,22-23,27H,3-4,7-16,18H2,1H3/t22-,23-,25-/m0/s1. The summed E-state index contributed by atoms with van der Waals surface area (Å²) in [4.78, 5) is 19.6. The Morgan fingerprint density at radius 3 is 2.52 bits per heavy atom. The van der Waals surface area contributed by atoms with Gasteiger partial charge in [-0.1, -0.05) is 18.6 Å². The highest BCUT2D eigenvalue weighted by molar-refractivity contribution is 5.76. The third-order valence-electron chi connectivity index (χ3n) is 8.65. The van der Waals surface area contributed by atoms with E-state index in [1.165, 1.54) is 12.0 Å². The maximum absolute atomic E-state index is 14.6. The van der Waals surface area contributed by atoms with Gasteiger partial charge in [0.25, 0.3) is 0 Å². The molecule has 3 saturated heterocycles. The summed E-state index contributed by atoms with van der Waals surface area (Å²) in [5, 5.41) is 3.54. The first-order chi connectivity index (χ1) is 15.1. The van der Waals surface area contributed by atoms with Crippen molar-refractivity contribution in [2.24, 2.45) is 11.8 Å². The molecular formula is C25H37FN4O. The van der Waals surface area contributed by atoms with E-state index >= 15 is 0 Å². The number of likely N-dealkylation sites (N-methyl/N-ethyl adjacent to an activating group) is 1. The molecule has 1 aromatic rings. The lowest BCUT2D eigenvalue weighted by Crippen LogP contribution is -2.59. The van der Waals surface area contributed by atoms with Crippen molar-refractivity contribution in [2.75, 3.05) is 52.9 Å². The maximum Gasteiger partial charge on any atom is 0.320 e. The minimum Gasteiger partial charge on any atom is -0.326 e. The molecule has 5 rings (SSSR count). The van der Waals surface area contributed by atoms with Gasteiger partial charge in [-0.3, -0.25) is 0 Å². The number of carbonyl (C=O) groups excluding carboxylic acids is 1. The van der Waals surface area contributed by atoms with E-state index in [0.29, 0.717) is 11.8 Å². The molecule has 31 heavy (non-hydrogen) atoms. The van der Waals surface area contributed by atoms with Gasteiger partial charge in [0.15, 0.2) is 0 Å². The average Bonchev–Trinajstić information content (AvgIpc) is 3.36. The Morgan fingerprint density at radius 2 is 1.87 bits per heavy atom. The van der Waals surface area contributed by atoms with E-state index in [4.69, 9.17) is 0 Å². The van der Waals surface area contributed by atoms with Gasteiger partial charge in [0.1, 0.15) is 5.82 Å². The van der Waals surface area contributed by atoms with Crippen LogP contribution in [0.3, 0.4) is 0 Å².